The Hall–Kier alpha value is -0.850. The van der Waals surface area contributed by atoms with Crippen LogP contribution in [0.25, 0.3) is 0 Å². The van der Waals surface area contributed by atoms with E-state index in [1.165, 1.54) is 37.0 Å². The van der Waals surface area contributed by atoms with Gasteiger partial charge in [0.25, 0.3) is 0 Å². The second-order valence-corrected chi connectivity index (χ2v) is 3.13. The lowest BCUT2D eigenvalue weighted by Gasteiger charge is -2.06. The average molecular weight is 147 g/mol. The summed E-state index contributed by atoms with van der Waals surface area (Å²) in [6.45, 7) is 0. The highest BCUT2D eigenvalue weighted by atomic mass is 14.7. The molecule has 1 nitrogen and oxygen atoms in total. The summed E-state index contributed by atoms with van der Waals surface area (Å²) in [6, 6.07) is 0. The van der Waals surface area contributed by atoms with Crippen LogP contribution in [-0.2, 0) is 0 Å². The second-order valence-electron chi connectivity index (χ2n) is 3.13. The largest absolute Gasteiger partial charge is 0.292 e. The van der Waals surface area contributed by atoms with Crippen molar-refractivity contribution in [3.05, 3.63) is 23.3 Å². The third kappa shape index (κ3) is 1.05. The molecule has 1 heteroatoms. The first-order valence-corrected chi connectivity index (χ1v) is 4.26. The monoisotopic (exact) mass is 147 g/mol. The van der Waals surface area contributed by atoms with E-state index in [4.69, 9.17) is 0 Å². The van der Waals surface area contributed by atoms with Crippen molar-refractivity contribution in [1.29, 1.82) is 0 Å². The van der Waals surface area contributed by atoms with Gasteiger partial charge in [-0.3, -0.25) is 4.99 Å². The molecule has 2 aliphatic rings. The first-order chi connectivity index (χ1) is 5.42. The molecular formula is C10H13N. The molecule has 2 aliphatic carbocycles. The zero-order valence-corrected chi connectivity index (χ0v) is 6.93. The van der Waals surface area contributed by atoms with Crippen molar-refractivity contribution in [2.45, 2.75) is 25.7 Å². The van der Waals surface area contributed by atoms with Gasteiger partial charge in [0.05, 0.1) is 0 Å². The van der Waals surface area contributed by atoms with E-state index >= 15 is 0 Å². The van der Waals surface area contributed by atoms with Crippen LogP contribution in [0.4, 0.5) is 0 Å². The van der Waals surface area contributed by atoms with Gasteiger partial charge in [-0.25, -0.2) is 0 Å². The van der Waals surface area contributed by atoms with Gasteiger partial charge >= 0.3 is 0 Å². The van der Waals surface area contributed by atoms with Crippen molar-refractivity contribution in [1.82, 2.24) is 0 Å². The van der Waals surface area contributed by atoms with Gasteiger partial charge in [-0.1, -0.05) is 17.7 Å². The van der Waals surface area contributed by atoms with Crippen molar-refractivity contribution in [2.24, 2.45) is 4.99 Å². The summed E-state index contributed by atoms with van der Waals surface area (Å²) in [5.74, 6) is 0. The van der Waals surface area contributed by atoms with E-state index in [-0.39, 0.29) is 0 Å². The van der Waals surface area contributed by atoms with Gasteiger partial charge in [0.2, 0.25) is 0 Å². The third-order valence-electron chi connectivity index (χ3n) is 2.52. The second kappa shape index (κ2) is 2.65. The summed E-state index contributed by atoms with van der Waals surface area (Å²) in [5.41, 5.74) is 4.39. The maximum Gasteiger partial charge on any atom is 0.0419 e. The molecule has 0 aliphatic heterocycles. The molecule has 0 spiro atoms. The fourth-order valence-electron chi connectivity index (χ4n) is 1.91. The predicted octanol–water partition coefficient (Wildman–Crippen LogP) is 2.50. The maximum absolute atomic E-state index is 4.28. The lowest BCUT2D eigenvalue weighted by atomic mass is 10.00. The molecule has 58 valence electrons. The van der Waals surface area contributed by atoms with Crippen LogP contribution in [0, 0.1) is 0 Å². The first kappa shape index (κ1) is 6.84. The fraction of sp³-hybridized carbons (Fsp3) is 0.500. The van der Waals surface area contributed by atoms with Gasteiger partial charge in [0.1, 0.15) is 0 Å². The van der Waals surface area contributed by atoms with E-state index in [1.807, 2.05) is 7.05 Å². The Balaban J connectivity index is 2.37. The highest BCUT2D eigenvalue weighted by molar-refractivity contribution is 6.05. The molecule has 0 unspecified atom stereocenters. The summed E-state index contributed by atoms with van der Waals surface area (Å²) in [7, 11) is 1.90. The zero-order chi connectivity index (χ0) is 7.68. The normalized spacial score (nSPS) is 26.5. The van der Waals surface area contributed by atoms with E-state index in [9.17, 15) is 0 Å². The summed E-state index contributed by atoms with van der Waals surface area (Å²) < 4.78 is 0. The van der Waals surface area contributed by atoms with Crippen molar-refractivity contribution >= 4 is 5.71 Å². The minimum absolute atomic E-state index is 1.17. The van der Waals surface area contributed by atoms with Gasteiger partial charge < -0.3 is 0 Å². The lowest BCUT2D eigenvalue weighted by Crippen LogP contribution is -1.96. The third-order valence-corrected chi connectivity index (χ3v) is 2.52. The summed E-state index contributed by atoms with van der Waals surface area (Å²) in [5, 5.41) is 0. The molecule has 2 rings (SSSR count). The van der Waals surface area contributed by atoms with Gasteiger partial charge in [-0.05, 0) is 31.3 Å². The van der Waals surface area contributed by atoms with E-state index in [0.29, 0.717) is 0 Å². The van der Waals surface area contributed by atoms with Gasteiger partial charge in [0, 0.05) is 12.8 Å². The molecule has 0 saturated carbocycles. The molecule has 0 aromatic heterocycles. The molecule has 0 bridgehead atoms. The predicted molar refractivity (Wildman–Crippen MR) is 48.0 cm³/mol. The molecule has 0 fully saturated rings. The van der Waals surface area contributed by atoms with Crippen LogP contribution in [0.15, 0.2) is 28.3 Å². The molecule has 0 N–H and O–H groups in total. The summed E-state index contributed by atoms with van der Waals surface area (Å²) >= 11 is 0. The number of allylic oxidation sites excluding steroid dienone is 4. The standard InChI is InChI=1S/C10H13N/c1-11-10-7-6-8-4-2-3-5-9(8)10/h3,5H,2,4,6-7H2,1H3/b11-10-. The van der Waals surface area contributed by atoms with E-state index in [2.05, 4.69) is 17.1 Å². The summed E-state index contributed by atoms with van der Waals surface area (Å²) in [6.07, 6.45) is 9.43. The highest BCUT2D eigenvalue weighted by Gasteiger charge is 2.19. The Kier molecular flexibility index (Phi) is 1.65. The van der Waals surface area contributed by atoms with Crippen LogP contribution in [0.2, 0.25) is 0 Å². The van der Waals surface area contributed by atoms with Crippen molar-refractivity contribution in [2.75, 3.05) is 7.05 Å². The minimum Gasteiger partial charge on any atom is -0.292 e. The van der Waals surface area contributed by atoms with Crippen LogP contribution in [0.5, 0.6) is 0 Å². The van der Waals surface area contributed by atoms with Gasteiger partial charge in [-0.2, -0.15) is 0 Å². The smallest absolute Gasteiger partial charge is 0.0419 e. The quantitative estimate of drug-likeness (QED) is 0.499. The van der Waals surface area contributed by atoms with Gasteiger partial charge in [-0.15, -0.1) is 0 Å². The average Bonchev–Trinajstić information content (AvgIpc) is 2.47. The zero-order valence-electron chi connectivity index (χ0n) is 6.93. The molecule has 0 saturated heterocycles. The van der Waals surface area contributed by atoms with Crippen molar-refractivity contribution < 1.29 is 0 Å². The molecule has 0 aromatic rings. The van der Waals surface area contributed by atoms with Crippen LogP contribution < -0.4 is 0 Å². The molecule has 0 atom stereocenters. The Labute approximate surface area is 67.5 Å². The Morgan fingerprint density at radius 3 is 3.00 bits per heavy atom. The fourth-order valence-corrected chi connectivity index (χ4v) is 1.91. The molecule has 0 amide bonds. The van der Waals surface area contributed by atoms with Gasteiger partial charge in [0.15, 0.2) is 0 Å². The number of nitrogens with zero attached hydrogens (tertiary/aromatic N) is 1. The molecular weight excluding hydrogens is 134 g/mol. The number of hydrogen-bond acceptors (Lipinski definition) is 1. The lowest BCUT2D eigenvalue weighted by molar-refractivity contribution is 0.890. The SMILES string of the molecule is C/N=C1/CCC2=C1C=CCC2. The number of rotatable bonds is 0. The topological polar surface area (TPSA) is 12.4 Å². The first-order valence-electron chi connectivity index (χ1n) is 4.26. The summed E-state index contributed by atoms with van der Waals surface area (Å²) in [4.78, 5) is 4.28. The molecule has 0 heterocycles. The Morgan fingerprint density at radius 2 is 2.18 bits per heavy atom. The number of hydrogen-bond donors (Lipinski definition) is 0. The Bertz CT molecular complexity index is 256. The van der Waals surface area contributed by atoms with E-state index < -0.39 is 0 Å². The molecule has 0 radical (unpaired) electrons. The maximum atomic E-state index is 4.28. The van der Waals surface area contributed by atoms with Crippen molar-refractivity contribution in [3.63, 3.8) is 0 Å². The molecule has 0 aromatic carbocycles. The van der Waals surface area contributed by atoms with Crippen LogP contribution >= 0.6 is 0 Å². The van der Waals surface area contributed by atoms with E-state index in [1.54, 1.807) is 5.57 Å². The van der Waals surface area contributed by atoms with Crippen LogP contribution in [0.3, 0.4) is 0 Å². The highest BCUT2D eigenvalue weighted by Crippen LogP contribution is 2.31. The molecule has 11 heavy (non-hydrogen) atoms. The van der Waals surface area contributed by atoms with Crippen LogP contribution in [-0.4, -0.2) is 12.8 Å². The van der Waals surface area contributed by atoms with E-state index in [0.717, 1.165) is 0 Å². The Morgan fingerprint density at radius 1 is 1.27 bits per heavy atom. The van der Waals surface area contributed by atoms with Crippen molar-refractivity contribution in [3.8, 4) is 0 Å². The number of aliphatic imine (C=N–C) groups is 1. The minimum atomic E-state index is 1.17. The van der Waals surface area contributed by atoms with Crippen LogP contribution in [0.1, 0.15) is 25.7 Å².